The van der Waals surface area contributed by atoms with E-state index in [1.807, 2.05) is 19.1 Å². The SMILES string of the molecule is Cc1ccc(C#N)cc1OCCCCS(=O)(=O)Cl. The van der Waals surface area contributed by atoms with E-state index in [1.165, 1.54) is 0 Å². The van der Waals surface area contributed by atoms with Crippen LogP contribution in [0.3, 0.4) is 0 Å². The molecule has 0 unspecified atom stereocenters. The van der Waals surface area contributed by atoms with Crippen LogP contribution >= 0.6 is 10.7 Å². The lowest BCUT2D eigenvalue weighted by molar-refractivity contribution is 0.307. The number of aryl methyl sites for hydroxylation is 1. The highest BCUT2D eigenvalue weighted by molar-refractivity contribution is 8.13. The second kappa shape index (κ2) is 6.62. The average Bonchev–Trinajstić information content (AvgIpc) is 2.29. The third-order valence-electron chi connectivity index (χ3n) is 2.36. The molecule has 0 N–H and O–H groups in total. The van der Waals surface area contributed by atoms with Gasteiger partial charge in [0.05, 0.1) is 24.0 Å². The first-order valence-electron chi connectivity index (χ1n) is 5.48. The molecule has 0 saturated heterocycles. The van der Waals surface area contributed by atoms with E-state index in [2.05, 4.69) is 0 Å². The van der Waals surface area contributed by atoms with Crippen molar-refractivity contribution in [2.24, 2.45) is 0 Å². The normalized spacial score (nSPS) is 10.9. The van der Waals surface area contributed by atoms with Crippen LogP contribution < -0.4 is 4.74 Å². The fourth-order valence-corrected chi connectivity index (χ4v) is 2.26. The minimum Gasteiger partial charge on any atom is -0.493 e. The number of hydrogen-bond acceptors (Lipinski definition) is 4. The van der Waals surface area contributed by atoms with E-state index < -0.39 is 9.05 Å². The summed E-state index contributed by atoms with van der Waals surface area (Å²) in [4.78, 5) is 0. The lowest BCUT2D eigenvalue weighted by Gasteiger charge is -2.08. The van der Waals surface area contributed by atoms with Gasteiger partial charge in [-0.1, -0.05) is 6.07 Å². The Morgan fingerprint density at radius 1 is 1.39 bits per heavy atom. The van der Waals surface area contributed by atoms with Crippen LogP contribution in [0.2, 0.25) is 0 Å². The molecule has 0 aliphatic rings. The van der Waals surface area contributed by atoms with Gasteiger partial charge in [-0.05, 0) is 37.5 Å². The quantitative estimate of drug-likeness (QED) is 0.596. The minimum absolute atomic E-state index is 0.0465. The van der Waals surface area contributed by atoms with E-state index in [-0.39, 0.29) is 5.75 Å². The molecule has 0 amide bonds. The zero-order valence-corrected chi connectivity index (χ0v) is 11.6. The molecular formula is C12H14ClNO3S. The van der Waals surface area contributed by atoms with Crippen molar-refractivity contribution in [2.75, 3.05) is 12.4 Å². The van der Waals surface area contributed by atoms with Crippen LogP contribution in [0, 0.1) is 18.3 Å². The topological polar surface area (TPSA) is 67.2 Å². The molecule has 0 aromatic heterocycles. The number of nitrogens with zero attached hydrogens (tertiary/aromatic N) is 1. The lowest BCUT2D eigenvalue weighted by atomic mass is 10.1. The third kappa shape index (κ3) is 5.39. The first-order valence-corrected chi connectivity index (χ1v) is 7.96. The number of benzene rings is 1. The Morgan fingerprint density at radius 3 is 2.72 bits per heavy atom. The number of halogens is 1. The van der Waals surface area contributed by atoms with Crippen LogP contribution in [-0.2, 0) is 9.05 Å². The number of nitriles is 1. The van der Waals surface area contributed by atoms with Crippen molar-refractivity contribution < 1.29 is 13.2 Å². The standard InChI is InChI=1S/C12H14ClNO3S/c1-10-4-5-11(9-14)8-12(10)17-6-2-3-7-18(13,15)16/h4-5,8H,2-3,6-7H2,1H3. The third-order valence-corrected chi connectivity index (χ3v) is 3.60. The molecule has 0 spiro atoms. The molecule has 1 rings (SSSR count). The van der Waals surface area contributed by atoms with E-state index >= 15 is 0 Å². The molecule has 0 fully saturated rings. The van der Waals surface area contributed by atoms with E-state index in [9.17, 15) is 8.42 Å². The Hall–Kier alpha value is -1.25. The summed E-state index contributed by atoms with van der Waals surface area (Å²) in [7, 11) is 1.67. The maximum Gasteiger partial charge on any atom is 0.232 e. The predicted octanol–water partition coefficient (Wildman–Crippen LogP) is 2.59. The second-order valence-corrected chi connectivity index (χ2v) is 6.79. The van der Waals surface area contributed by atoms with Gasteiger partial charge in [0, 0.05) is 10.7 Å². The fraction of sp³-hybridized carbons (Fsp3) is 0.417. The molecule has 18 heavy (non-hydrogen) atoms. The summed E-state index contributed by atoms with van der Waals surface area (Å²) in [6.45, 7) is 2.29. The highest BCUT2D eigenvalue weighted by atomic mass is 35.7. The molecule has 0 atom stereocenters. The fourth-order valence-electron chi connectivity index (χ4n) is 1.38. The highest BCUT2D eigenvalue weighted by Gasteiger charge is 2.05. The average molecular weight is 288 g/mol. The lowest BCUT2D eigenvalue weighted by Crippen LogP contribution is -2.03. The molecule has 0 aliphatic heterocycles. The first-order chi connectivity index (χ1) is 8.42. The Labute approximate surface area is 112 Å². The number of rotatable bonds is 6. The van der Waals surface area contributed by atoms with Gasteiger partial charge in [0.15, 0.2) is 0 Å². The van der Waals surface area contributed by atoms with Crippen molar-refractivity contribution in [3.8, 4) is 11.8 Å². The van der Waals surface area contributed by atoms with Gasteiger partial charge < -0.3 is 4.74 Å². The summed E-state index contributed by atoms with van der Waals surface area (Å²) in [6, 6.07) is 7.25. The molecular weight excluding hydrogens is 274 g/mol. The smallest absolute Gasteiger partial charge is 0.232 e. The van der Waals surface area contributed by atoms with Crippen molar-refractivity contribution in [3.63, 3.8) is 0 Å². The van der Waals surface area contributed by atoms with Gasteiger partial charge in [0.2, 0.25) is 9.05 Å². The van der Waals surface area contributed by atoms with Crippen LogP contribution in [0.1, 0.15) is 24.0 Å². The van der Waals surface area contributed by atoms with Gasteiger partial charge in [0.1, 0.15) is 5.75 Å². The maximum atomic E-state index is 10.7. The molecule has 1 aromatic rings. The van der Waals surface area contributed by atoms with Crippen LogP contribution in [0.4, 0.5) is 0 Å². The van der Waals surface area contributed by atoms with Gasteiger partial charge in [-0.25, -0.2) is 8.42 Å². The molecule has 0 aliphatic carbocycles. The van der Waals surface area contributed by atoms with E-state index in [4.69, 9.17) is 20.7 Å². The molecule has 0 radical (unpaired) electrons. The Kier molecular flexibility index (Phi) is 5.45. The van der Waals surface area contributed by atoms with E-state index in [1.54, 1.807) is 12.1 Å². The molecule has 0 saturated carbocycles. The molecule has 4 nitrogen and oxygen atoms in total. The Morgan fingerprint density at radius 2 is 2.11 bits per heavy atom. The first kappa shape index (κ1) is 14.8. The number of unbranched alkanes of at least 4 members (excludes halogenated alkanes) is 1. The molecule has 0 bridgehead atoms. The minimum atomic E-state index is -3.41. The monoisotopic (exact) mass is 287 g/mol. The van der Waals surface area contributed by atoms with Crippen LogP contribution in [-0.4, -0.2) is 20.8 Å². The van der Waals surface area contributed by atoms with Crippen molar-refractivity contribution in [2.45, 2.75) is 19.8 Å². The Bertz CT molecular complexity index is 549. The summed E-state index contributed by atoms with van der Waals surface area (Å²) >= 11 is 0. The largest absolute Gasteiger partial charge is 0.493 e. The molecule has 0 heterocycles. The summed E-state index contributed by atoms with van der Waals surface area (Å²) in [5.41, 5.74) is 1.48. The molecule has 1 aromatic carbocycles. The van der Waals surface area contributed by atoms with Crippen molar-refractivity contribution in [1.82, 2.24) is 0 Å². The number of ether oxygens (including phenoxy) is 1. The zero-order valence-electron chi connectivity index (χ0n) is 10.0. The zero-order chi connectivity index (χ0) is 13.6. The van der Waals surface area contributed by atoms with Gasteiger partial charge >= 0.3 is 0 Å². The molecule has 6 heteroatoms. The van der Waals surface area contributed by atoms with Crippen LogP contribution in [0.25, 0.3) is 0 Å². The number of hydrogen-bond donors (Lipinski definition) is 0. The summed E-state index contributed by atoms with van der Waals surface area (Å²) < 4.78 is 26.9. The maximum absolute atomic E-state index is 10.7. The van der Waals surface area contributed by atoms with Crippen LogP contribution in [0.5, 0.6) is 5.75 Å². The second-order valence-electron chi connectivity index (χ2n) is 3.89. The van der Waals surface area contributed by atoms with E-state index in [0.29, 0.717) is 30.8 Å². The van der Waals surface area contributed by atoms with Gasteiger partial charge in [0.25, 0.3) is 0 Å². The summed E-state index contributed by atoms with van der Waals surface area (Å²) in [5.74, 6) is 0.609. The van der Waals surface area contributed by atoms with E-state index in [0.717, 1.165) is 5.56 Å². The van der Waals surface area contributed by atoms with Crippen LogP contribution in [0.15, 0.2) is 18.2 Å². The highest BCUT2D eigenvalue weighted by Crippen LogP contribution is 2.19. The van der Waals surface area contributed by atoms with Gasteiger partial charge in [-0.3, -0.25) is 0 Å². The summed E-state index contributed by atoms with van der Waals surface area (Å²) in [5, 5.41) is 8.77. The van der Waals surface area contributed by atoms with Crippen molar-refractivity contribution in [3.05, 3.63) is 29.3 Å². The van der Waals surface area contributed by atoms with Crippen molar-refractivity contribution in [1.29, 1.82) is 5.26 Å². The summed E-state index contributed by atoms with van der Waals surface area (Å²) in [6.07, 6.45) is 1.06. The van der Waals surface area contributed by atoms with Gasteiger partial charge in [-0.2, -0.15) is 5.26 Å². The Balaban J connectivity index is 2.42. The predicted molar refractivity (Wildman–Crippen MR) is 70.3 cm³/mol. The van der Waals surface area contributed by atoms with Gasteiger partial charge in [-0.15, -0.1) is 0 Å². The van der Waals surface area contributed by atoms with Crippen molar-refractivity contribution >= 4 is 19.7 Å². The molecule has 98 valence electrons.